The number of alkyl halides is 1. The van der Waals surface area contributed by atoms with E-state index in [0.29, 0.717) is 10.9 Å². The number of ether oxygens (including phenoxy) is 2. The van der Waals surface area contributed by atoms with E-state index >= 15 is 0 Å². The molecule has 0 amide bonds. The first kappa shape index (κ1) is 14.7. The zero-order valence-electron chi connectivity index (χ0n) is 10.9. The summed E-state index contributed by atoms with van der Waals surface area (Å²) in [5.41, 5.74) is 0.909. The molecule has 2 rings (SSSR count). The van der Waals surface area contributed by atoms with E-state index in [9.17, 15) is 14.0 Å². The number of carbonyl (C=O) groups is 2. The minimum atomic E-state index is -1.29. The summed E-state index contributed by atoms with van der Waals surface area (Å²) in [6.45, 7) is 2.93. The molecule has 0 spiro atoms. The second-order valence-electron chi connectivity index (χ2n) is 4.71. The lowest BCUT2D eigenvalue weighted by atomic mass is 10.0. The topological polar surface area (TPSA) is 52.6 Å². The fourth-order valence-electron chi connectivity index (χ4n) is 1.76. The summed E-state index contributed by atoms with van der Waals surface area (Å²) in [5.74, 6) is -3.31. The zero-order valence-corrected chi connectivity index (χ0v) is 12.5. The minimum Gasteiger partial charge on any atom is -0.419 e. The van der Waals surface area contributed by atoms with Gasteiger partial charge in [-0.3, -0.25) is 0 Å². The Bertz CT molecular complexity index is 585. The van der Waals surface area contributed by atoms with Gasteiger partial charge in [-0.05, 0) is 29.3 Å². The first-order chi connectivity index (χ1) is 9.32. The van der Waals surface area contributed by atoms with Crippen LogP contribution in [0.4, 0.5) is 4.39 Å². The van der Waals surface area contributed by atoms with E-state index in [-0.39, 0.29) is 5.57 Å². The van der Waals surface area contributed by atoms with E-state index < -0.39 is 23.5 Å². The molecule has 1 aliphatic rings. The zero-order chi connectivity index (χ0) is 14.9. The van der Waals surface area contributed by atoms with E-state index in [1.807, 2.05) is 0 Å². The van der Waals surface area contributed by atoms with Crippen LogP contribution in [-0.4, -0.2) is 17.7 Å². The molecule has 0 aliphatic carbocycles. The Labute approximate surface area is 123 Å². The van der Waals surface area contributed by atoms with Crippen LogP contribution < -0.4 is 0 Å². The molecule has 0 bridgehead atoms. The predicted octanol–water partition coefficient (Wildman–Crippen LogP) is 2.94. The molecular weight excluding hydrogens is 331 g/mol. The first-order valence-electron chi connectivity index (χ1n) is 5.85. The van der Waals surface area contributed by atoms with Crippen molar-refractivity contribution in [2.45, 2.75) is 25.0 Å². The third-order valence-corrected chi connectivity index (χ3v) is 3.27. The van der Waals surface area contributed by atoms with Crippen molar-refractivity contribution >= 4 is 33.9 Å². The van der Waals surface area contributed by atoms with Gasteiger partial charge in [0.1, 0.15) is 11.4 Å². The van der Waals surface area contributed by atoms with Crippen LogP contribution in [0.15, 0.2) is 23.8 Å². The Morgan fingerprint density at radius 1 is 1.25 bits per heavy atom. The van der Waals surface area contributed by atoms with Crippen molar-refractivity contribution in [3.8, 4) is 0 Å². The molecule has 1 aromatic carbocycles. The highest BCUT2D eigenvalue weighted by atomic mass is 79.9. The number of rotatable bonds is 2. The van der Waals surface area contributed by atoms with Crippen LogP contribution in [0.3, 0.4) is 0 Å². The Kier molecular flexibility index (Phi) is 3.94. The standard InChI is InChI=1S/C14H12BrFO4/c1-14(2)19-12(17)11(13(18)20-14)6-9-5-10(16)4-3-8(9)7-15/h3-6H,7H2,1-2H3. The summed E-state index contributed by atoms with van der Waals surface area (Å²) in [7, 11) is 0. The molecule has 1 fully saturated rings. The SMILES string of the molecule is CC1(C)OC(=O)C(=Cc2cc(F)ccc2CBr)C(=O)O1. The fraction of sp³-hybridized carbons (Fsp3) is 0.286. The van der Waals surface area contributed by atoms with Crippen LogP contribution in [0.2, 0.25) is 0 Å². The molecular formula is C14H12BrFO4. The van der Waals surface area contributed by atoms with Crippen LogP contribution in [0.25, 0.3) is 6.08 Å². The monoisotopic (exact) mass is 342 g/mol. The summed E-state index contributed by atoms with van der Waals surface area (Å²) in [6.07, 6.45) is 1.28. The summed E-state index contributed by atoms with van der Waals surface area (Å²) < 4.78 is 23.2. The molecule has 0 atom stereocenters. The van der Waals surface area contributed by atoms with E-state index in [0.717, 1.165) is 5.56 Å². The van der Waals surface area contributed by atoms with E-state index in [4.69, 9.17) is 9.47 Å². The van der Waals surface area contributed by atoms with Crippen molar-refractivity contribution in [2.75, 3.05) is 0 Å². The minimum absolute atomic E-state index is 0.253. The molecule has 0 saturated carbocycles. The summed E-state index contributed by atoms with van der Waals surface area (Å²) in [4.78, 5) is 23.6. The van der Waals surface area contributed by atoms with Crippen molar-refractivity contribution in [1.29, 1.82) is 0 Å². The van der Waals surface area contributed by atoms with E-state index in [2.05, 4.69) is 15.9 Å². The van der Waals surface area contributed by atoms with Crippen molar-refractivity contribution in [1.82, 2.24) is 0 Å². The molecule has 1 aliphatic heterocycles. The van der Waals surface area contributed by atoms with Crippen molar-refractivity contribution in [3.63, 3.8) is 0 Å². The lowest BCUT2D eigenvalue weighted by molar-refractivity contribution is -0.222. The maximum atomic E-state index is 13.3. The average Bonchev–Trinajstić information content (AvgIpc) is 2.33. The number of halogens is 2. The van der Waals surface area contributed by atoms with Gasteiger partial charge in [0.05, 0.1) is 0 Å². The number of hydrogen-bond acceptors (Lipinski definition) is 4. The van der Waals surface area contributed by atoms with Gasteiger partial charge in [-0.25, -0.2) is 14.0 Å². The van der Waals surface area contributed by atoms with Gasteiger partial charge in [-0.15, -0.1) is 0 Å². The van der Waals surface area contributed by atoms with Crippen molar-refractivity contribution in [3.05, 3.63) is 40.7 Å². The van der Waals surface area contributed by atoms with Crippen LogP contribution in [0, 0.1) is 5.82 Å². The van der Waals surface area contributed by atoms with Crippen molar-refractivity contribution < 1.29 is 23.5 Å². The number of cyclic esters (lactones) is 2. The highest BCUT2D eigenvalue weighted by molar-refractivity contribution is 9.08. The molecule has 106 valence electrons. The predicted molar refractivity (Wildman–Crippen MR) is 73.3 cm³/mol. The first-order valence-corrected chi connectivity index (χ1v) is 6.97. The van der Waals surface area contributed by atoms with Crippen LogP contribution in [0.1, 0.15) is 25.0 Å². The van der Waals surface area contributed by atoms with Gasteiger partial charge < -0.3 is 9.47 Å². The maximum Gasteiger partial charge on any atom is 0.348 e. The van der Waals surface area contributed by atoms with Crippen LogP contribution >= 0.6 is 15.9 Å². The number of benzene rings is 1. The Hall–Kier alpha value is -1.69. The van der Waals surface area contributed by atoms with Crippen LogP contribution in [-0.2, 0) is 24.4 Å². The normalized spacial score (nSPS) is 17.5. The molecule has 1 aromatic rings. The van der Waals surface area contributed by atoms with Gasteiger partial charge in [0.15, 0.2) is 0 Å². The number of hydrogen-bond donors (Lipinski definition) is 0. The van der Waals surface area contributed by atoms with Gasteiger partial charge in [0, 0.05) is 19.2 Å². The third kappa shape index (κ3) is 3.07. The molecule has 0 aromatic heterocycles. The molecule has 6 heteroatoms. The number of carbonyl (C=O) groups excluding carboxylic acids is 2. The molecule has 4 nitrogen and oxygen atoms in total. The van der Waals surface area contributed by atoms with Gasteiger partial charge in [0.2, 0.25) is 0 Å². The Morgan fingerprint density at radius 3 is 2.40 bits per heavy atom. The summed E-state index contributed by atoms with van der Waals surface area (Å²) in [5, 5.41) is 0.460. The quantitative estimate of drug-likeness (QED) is 0.359. The second-order valence-corrected chi connectivity index (χ2v) is 5.27. The largest absolute Gasteiger partial charge is 0.419 e. The van der Waals surface area contributed by atoms with Gasteiger partial charge >= 0.3 is 11.9 Å². The maximum absolute atomic E-state index is 13.3. The van der Waals surface area contributed by atoms with Gasteiger partial charge in [-0.1, -0.05) is 22.0 Å². The average molecular weight is 343 g/mol. The lowest BCUT2D eigenvalue weighted by Gasteiger charge is -2.29. The molecule has 0 radical (unpaired) electrons. The highest BCUT2D eigenvalue weighted by Crippen LogP contribution is 2.25. The second kappa shape index (κ2) is 5.36. The summed E-state index contributed by atoms with van der Waals surface area (Å²) in [6, 6.07) is 4.11. The van der Waals surface area contributed by atoms with Gasteiger partial charge in [0.25, 0.3) is 5.79 Å². The number of esters is 2. The van der Waals surface area contributed by atoms with Gasteiger partial charge in [-0.2, -0.15) is 0 Å². The molecule has 20 heavy (non-hydrogen) atoms. The summed E-state index contributed by atoms with van der Waals surface area (Å²) >= 11 is 3.26. The third-order valence-electron chi connectivity index (χ3n) is 2.67. The van der Waals surface area contributed by atoms with E-state index in [1.165, 1.54) is 32.1 Å². The molecule has 0 N–H and O–H groups in total. The molecule has 1 heterocycles. The van der Waals surface area contributed by atoms with Crippen LogP contribution in [0.5, 0.6) is 0 Å². The Balaban J connectivity index is 2.43. The Morgan fingerprint density at radius 2 is 1.85 bits per heavy atom. The van der Waals surface area contributed by atoms with Crippen molar-refractivity contribution in [2.24, 2.45) is 0 Å². The lowest BCUT2D eigenvalue weighted by Crippen LogP contribution is -2.41. The fourth-order valence-corrected chi connectivity index (χ4v) is 2.27. The molecule has 0 unspecified atom stereocenters. The highest BCUT2D eigenvalue weighted by Gasteiger charge is 2.38. The smallest absolute Gasteiger partial charge is 0.348 e. The molecule has 1 saturated heterocycles. The van der Waals surface area contributed by atoms with E-state index in [1.54, 1.807) is 6.07 Å².